The molecule has 1 fully saturated rings. The highest BCUT2D eigenvalue weighted by Crippen LogP contribution is 2.17. The van der Waals surface area contributed by atoms with Crippen LogP contribution in [0.3, 0.4) is 0 Å². The van der Waals surface area contributed by atoms with Crippen LogP contribution in [-0.4, -0.2) is 42.1 Å². The largest absolute Gasteiger partial charge is 0.383 e. The zero-order chi connectivity index (χ0) is 12.3. The number of ether oxygens (including phenoxy) is 1. The van der Waals surface area contributed by atoms with Crippen molar-refractivity contribution in [1.29, 1.82) is 0 Å². The van der Waals surface area contributed by atoms with E-state index in [1.165, 1.54) is 0 Å². The van der Waals surface area contributed by atoms with Gasteiger partial charge in [-0.05, 0) is 25.0 Å². The highest BCUT2D eigenvalue weighted by molar-refractivity contribution is 5.98. The van der Waals surface area contributed by atoms with Gasteiger partial charge in [-0.15, -0.1) is 0 Å². The quantitative estimate of drug-likeness (QED) is 0.827. The van der Waals surface area contributed by atoms with Crippen LogP contribution in [0, 0.1) is 0 Å². The van der Waals surface area contributed by atoms with Crippen LogP contribution < -0.4 is 5.73 Å². The molecule has 1 aromatic rings. The van der Waals surface area contributed by atoms with Crippen molar-refractivity contribution in [3.63, 3.8) is 0 Å². The molecule has 1 aromatic heterocycles. The molecular formula is C12H17N3O2. The first-order valence-electron chi connectivity index (χ1n) is 5.75. The molecule has 0 atom stereocenters. The van der Waals surface area contributed by atoms with Gasteiger partial charge in [0.1, 0.15) is 5.82 Å². The van der Waals surface area contributed by atoms with E-state index in [2.05, 4.69) is 4.98 Å². The van der Waals surface area contributed by atoms with Gasteiger partial charge in [-0.3, -0.25) is 4.79 Å². The monoisotopic (exact) mass is 235 g/mol. The van der Waals surface area contributed by atoms with E-state index in [9.17, 15) is 4.79 Å². The fourth-order valence-electron chi connectivity index (χ4n) is 2.03. The van der Waals surface area contributed by atoms with Crippen LogP contribution in [0.5, 0.6) is 0 Å². The molecule has 0 radical (unpaired) electrons. The second-order valence-corrected chi connectivity index (χ2v) is 4.20. The van der Waals surface area contributed by atoms with Gasteiger partial charge in [0.15, 0.2) is 0 Å². The number of nitrogens with zero attached hydrogens (tertiary/aromatic N) is 2. The second-order valence-electron chi connectivity index (χ2n) is 4.20. The van der Waals surface area contributed by atoms with E-state index in [0.29, 0.717) is 18.8 Å². The molecule has 17 heavy (non-hydrogen) atoms. The molecule has 0 unspecified atom stereocenters. The maximum atomic E-state index is 12.2. The van der Waals surface area contributed by atoms with Gasteiger partial charge in [-0.2, -0.15) is 0 Å². The van der Waals surface area contributed by atoms with E-state index < -0.39 is 0 Å². The number of aromatic nitrogens is 1. The van der Waals surface area contributed by atoms with Crippen LogP contribution in [0.1, 0.15) is 23.2 Å². The molecule has 1 amide bonds. The van der Waals surface area contributed by atoms with E-state index in [-0.39, 0.29) is 17.8 Å². The lowest BCUT2D eigenvalue weighted by atomic mass is 10.1. The van der Waals surface area contributed by atoms with Gasteiger partial charge in [0.2, 0.25) is 0 Å². The molecule has 0 bridgehead atoms. The minimum Gasteiger partial charge on any atom is -0.383 e. The number of nitrogens with two attached hydrogens (primary N) is 1. The Labute approximate surface area is 101 Å². The van der Waals surface area contributed by atoms with Gasteiger partial charge in [0, 0.05) is 32.5 Å². The van der Waals surface area contributed by atoms with Crippen LogP contribution >= 0.6 is 0 Å². The standard InChI is InChI=1S/C12H17N3O2/c1-15(9-4-7-17-8-5-9)12(16)10-3-2-6-14-11(10)13/h2-3,6,9H,4-5,7-8H2,1H3,(H2,13,14). The number of rotatable bonds is 2. The van der Waals surface area contributed by atoms with E-state index in [1.54, 1.807) is 23.2 Å². The summed E-state index contributed by atoms with van der Waals surface area (Å²) in [6.07, 6.45) is 3.34. The van der Waals surface area contributed by atoms with Crippen molar-refractivity contribution in [3.05, 3.63) is 23.9 Å². The Morgan fingerprint density at radius 1 is 1.53 bits per heavy atom. The van der Waals surface area contributed by atoms with Crippen LogP contribution in [-0.2, 0) is 4.74 Å². The molecule has 92 valence electrons. The molecule has 0 aromatic carbocycles. The molecule has 0 saturated carbocycles. The molecule has 2 rings (SSSR count). The molecule has 2 N–H and O–H groups in total. The lowest BCUT2D eigenvalue weighted by molar-refractivity contribution is 0.0362. The Bertz CT molecular complexity index is 402. The van der Waals surface area contributed by atoms with Crippen LogP contribution in [0.4, 0.5) is 5.82 Å². The van der Waals surface area contributed by atoms with Crippen LogP contribution in [0.15, 0.2) is 18.3 Å². The third-order valence-corrected chi connectivity index (χ3v) is 3.13. The highest BCUT2D eigenvalue weighted by atomic mass is 16.5. The van der Waals surface area contributed by atoms with Crippen molar-refractivity contribution in [3.8, 4) is 0 Å². The smallest absolute Gasteiger partial charge is 0.257 e. The fraction of sp³-hybridized carbons (Fsp3) is 0.500. The zero-order valence-corrected chi connectivity index (χ0v) is 9.93. The number of carbonyl (C=O) groups excluding carboxylic acids is 1. The Morgan fingerprint density at radius 3 is 2.88 bits per heavy atom. The maximum Gasteiger partial charge on any atom is 0.257 e. The third-order valence-electron chi connectivity index (χ3n) is 3.13. The zero-order valence-electron chi connectivity index (χ0n) is 9.93. The normalized spacial score (nSPS) is 16.8. The lowest BCUT2D eigenvalue weighted by Gasteiger charge is -2.31. The molecule has 0 spiro atoms. The maximum absolute atomic E-state index is 12.2. The summed E-state index contributed by atoms with van der Waals surface area (Å²) in [5.41, 5.74) is 6.18. The molecular weight excluding hydrogens is 218 g/mol. The van der Waals surface area contributed by atoms with Crippen LogP contribution in [0.2, 0.25) is 0 Å². The van der Waals surface area contributed by atoms with E-state index in [4.69, 9.17) is 10.5 Å². The summed E-state index contributed by atoms with van der Waals surface area (Å²) in [4.78, 5) is 17.9. The summed E-state index contributed by atoms with van der Waals surface area (Å²) < 4.78 is 5.28. The molecule has 2 heterocycles. The summed E-state index contributed by atoms with van der Waals surface area (Å²) in [6.45, 7) is 1.43. The average Bonchev–Trinajstić information content (AvgIpc) is 2.39. The number of pyridine rings is 1. The van der Waals surface area contributed by atoms with E-state index in [0.717, 1.165) is 12.8 Å². The summed E-state index contributed by atoms with van der Waals surface area (Å²) in [5.74, 6) is 0.221. The van der Waals surface area contributed by atoms with Crippen molar-refractivity contribution in [2.24, 2.45) is 0 Å². The topological polar surface area (TPSA) is 68.5 Å². The van der Waals surface area contributed by atoms with Gasteiger partial charge >= 0.3 is 0 Å². The number of nitrogen functional groups attached to an aromatic ring is 1. The number of carbonyl (C=O) groups is 1. The number of hydrogen-bond donors (Lipinski definition) is 1. The summed E-state index contributed by atoms with van der Waals surface area (Å²) in [7, 11) is 1.81. The summed E-state index contributed by atoms with van der Waals surface area (Å²) in [5, 5.41) is 0. The molecule has 1 aliphatic rings. The van der Waals surface area contributed by atoms with Crippen molar-refractivity contribution in [2.45, 2.75) is 18.9 Å². The third kappa shape index (κ3) is 2.55. The SMILES string of the molecule is CN(C(=O)c1cccnc1N)C1CCOCC1. The first-order chi connectivity index (χ1) is 8.20. The predicted octanol–water partition coefficient (Wildman–Crippen LogP) is 0.915. The predicted molar refractivity (Wildman–Crippen MR) is 64.6 cm³/mol. The van der Waals surface area contributed by atoms with E-state index >= 15 is 0 Å². The second kappa shape index (κ2) is 5.14. The Kier molecular flexibility index (Phi) is 3.58. The van der Waals surface area contributed by atoms with E-state index in [1.807, 2.05) is 7.05 Å². The Balaban J connectivity index is 2.11. The summed E-state index contributed by atoms with van der Waals surface area (Å²) >= 11 is 0. The molecule has 5 nitrogen and oxygen atoms in total. The van der Waals surface area contributed by atoms with Crippen molar-refractivity contribution in [2.75, 3.05) is 26.0 Å². The van der Waals surface area contributed by atoms with Crippen molar-refractivity contribution < 1.29 is 9.53 Å². The first kappa shape index (κ1) is 11.9. The van der Waals surface area contributed by atoms with Crippen LogP contribution in [0.25, 0.3) is 0 Å². The van der Waals surface area contributed by atoms with Gasteiger partial charge < -0.3 is 15.4 Å². The number of amides is 1. The number of anilines is 1. The molecule has 0 aliphatic carbocycles. The number of hydrogen-bond acceptors (Lipinski definition) is 4. The van der Waals surface area contributed by atoms with Crippen molar-refractivity contribution in [1.82, 2.24) is 9.88 Å². The minimum absolute atomic E-state index is 0.0671. The molecule has 1 saturated heterocycles. The van der Waals surface area contributed by atoms with Gasteiger partial charge in [0.05, 0.1) is 5.56 Å². The highest BCUT2D eigenvalue weighted by Gasteiger charge is 2.24. The van der Waals surface area contributed by atoms with Gasteiger partial charge in [0.25, 0.3) is 5.91 Å². The Hall–Kier alpha value is -1.62. The minimum atomic E-state index is -0.0671. The van der Waals surface area contributed by atoms with Gasteiger partial charge in [-0.1, -0.05) is 0 Å². The van der Waals surface area contributed by atoms with Gasteiger partial charge in [-0.25, -0.2) is 4.98 Å². The molecule has 5 heteroatoms. The average molecular weight is 235 g/mol. The molecule has 1 aliphatic heterocycles. The Morgan fingerprint density at radius 2 is 2.24 bits per heavy atom. The first-order valence-corrected chi connectivity index (χ1v) is 5.75. The fourth-order valence-corrected chi connectivity index (χ4v) is 2.03. The van der Waals surface area contributed by atoms with Crippen molar-refractivity contribution >= 4 is 11.7 Å². The lowest BCUT2D eigenvalue weighted by Crippen LogP contribution is -2.40. The summed E-state index contributed by atoms with van der Waals surface area (Å²) in [6, 6.07) is 3.66.